The molecule has 0 radical (unpaired) electrons. The second-order valence-corrected chi connectivity index (χ2v) is 7.45. The molecule has 0 unspecified atom stereocenters. The number of rotatable bonds is 3. The van der Waals surface area contributed by atoms with Gasteiger partial charge in [-0.05, 0) is 37.2 Å². The van der Waals surface area contributed by atoms with Crippen LogP contribution >= 0.6 is 23.2 Å². The molecule has 5 nitrogen and oxygen atoms in total. The lowest BCUT2D eigenvalue weighted by molar-refractivity contribution is -0.140. The van der Waals surface area contributed by atoms with E-state index in [1.807, 2.05) is 29.8 Å². The second kappa shape index (κ2) is 7.18. The average molecular weight is 373 g/mol. The summed E-state index contributed by atoms with van der Waals surface area (Å²) < 4.78 is 5.48. The maximum atomic E-state index is 12.6. The first-order valence-corrected chi connectivity index (χ1v) is 8.88. The van der Waals surface area contributed by atoms with Gasteiger partial charge in [-0.25, -0.2) is 0 Å². The molecule has 0 saturated carbocycles. The summed E-state index contributed by atoms with van der Waals surface area (Å²) in [5.74, 6) is 0.0430. The summed E-state index contributed by atoms with van der Waals surface area (Å²) in [6.07, 6.45) is -0.0656. The van der Waals surface area contributed by atoms with E-state index >= 15 is 0 Å². The normalized spacial score (nSPS) is 26.8. The molecule has 1 amide bonds. The fraction of sp³-hybridized carbons (Fsp3) is 0.588. The second-order valence-electron chi connectivity index (χ2n) is 6.61. The number of nitrogens with zero attached hydrogens (tertiary/aromatic N) is 2. The van der Waals surface area contributed by atoms with Crippen LogP contribution in [-0.2, 0) is 16.0 Å². The van der Waals surface area contributed by atoms with Gasteiger partial charge in [-0.1, -0.05) is 23.2 Å². The molecule has 1 N–H and O–H groups in total. The highest BCUT2D eigenvalue weighted by Crippen LogP contribution is 2.40. The molecule has 0 aromatic heterocycles. The number of hydrogen-bond acceptors (Lipinski definition) is 4. The third-order valence-corrected chi connectivity index (χ3v) is 5.30. The number of benzene rings is 1. The molecule has 7 heteroatoms. The van der Waals surface area contributed by atoms with Gasteiger partial charge in [0.25, 0.3) is 0 Å². The smallest absolute Gasteiger partial charge is 0.236 e. The van der Waals surface area contributed by atoms with Crippen LogP contribution in [0.4, 0.5) is 0 Å². The Balaban J connectivity index is 1.74. The number of likely N-dealkylation sites (N-methyl/N-ethyl adjacent to an activating group) is 1. The highest BCUT2D eigenvalue weighted by atomic mass is 35.5. The van der Waals surface area contributed by atoms with Crippen LogP contribution in [-0.4, -0.2) is 66.3 Å². The molecule has 0 bridgehead atoms. The lowest BCUT2D eigenvalue weighted by Gasteiger charge is -2.34. The van der Waals surface area contributed by atoms with Gasteiger partial charge < -0.3 is 14.7 Å². The van der Waals surface area contributed by atoms with Gasteiger partial charge in [-0.3, -0.25) is 9.69 Å². The molecule has 3 rings (SSSR count). The number of carbonyl (C=O) groups is 1. The molecule has 2 aliphatic rings. The number of ether oxygens (including phenoxy) is 1. The van der Waals surface area contributed by atoms with Crippen LogP contribution in [0.2, 0.25) is 10.0 Å². The fourth-order valence-electron chi connectivity index (χ4n) is 3.62. The van der Waals surface area contributed by atoms with Crippen molar-refractivity contribution < 1.29 is 14.6 Å². The minimum atomic E-state index is -0.600. The van der Waals surface area contributed by atoms with Crippen LogP contribution in [0.1, 0.15) is 24.1 Å². The van der Waals surface area contributed by atoms with Crippen molar-refractivity contribution in [3.05, 3.63) is 33.3 Å². The molecule has 1 heterocycles. The molecular formula is C17H22Cl2N2O3. The van der Waals surface area contributed by atoms with Crippen LogP contribution in [0.15, 0.2) is 12.1 Å². The van der Waals surface area contributed by atoms with E-state index in [1.165, 1.54) is 0 Å². The van der Waals surface area contributed by atoms with Crippen LogP contribution in [0.25, 0.3) is 0 Å². The summed E-state index contributed by atoms with van der Waals surface area (Å²) in [6, 6.07) is 3.25. The number of halogens is 2. The number of aliphatic hydroxyl groups is 1. The molecule has 1 aromatic carbocycles. The van der Waals surface area contributed by atoms with E-state index in [0.717, 1.165) is 11.1 Å². The Morgan fingerprint density at radius 1 is 1.46 bits per heavy atom. The van der Waals surface area contributed by atoms with E-state index in [2.05, 4.69) is 0 Å². The number of fused-ring (bicyclic) bond motifs is 1. The molecule has 1 saturated heterocycles. The third kappa shape index (κ3) is 3.55. The molecule has 24 heavy (non-hydrogen) atoms. The molecule has 1 fully saturated rings. The first kappa shape index (κ1) is 18.0. The van der Waals surface area contributed by atoms with E-state index in [1.54, 1.807) is 6.07 Å². The van der Waals surface area contributed by atoms with E-state index in [4.69, 9.17) is 27.9 Å². The molecule has 1 aromatic rings. The maximum absolute atomic E-state index is 12.6. The van der Waals surface area contributed by atoms with Crippen LogP contribution < -0.4 is 0 Å². The Kier molecular flexibility index (Phi) is 5.37. The largest absolute Gasteiger partial charge is 0.391 e. The SMILES string of the molecule is C[C@@H]1CN(C(=O)CN(C)[C@@H]2c3cc(Cl)cc(Cl)c3C[C@@H]2O)CCO1. The summed E-state index contributed by atoms with van der Waals surface area (Å²) in [6.45, 7) is 3.98. The lowest BCUT2D eigenvalue weighted by Crippen LogP contribution is -2.48. The van der Waals surface area contributed by atoms with Gasteiger partial charge in [0, 0.05) is 29.6 Å². The van der Waals surface area contributed by atoms with E-state index in [9.17, 15) is 9.90 Å². The molecule has 1 aliphatic carbocycles. The van der Waals surface area contributed by atoms with E-state index in [-0.39, 0.29) is 24.6 Å². The Bertz CT molecular complexity index is 641. The monoisotopic (exact) mass is 372 g/mol. The minimum Gasteiger partial charge on any atom is -0.391 e. The number of amides is 1. The summed E-state index contributed by atoms with van der Waals surface area (Å²) >= 11 is 12.4. The Labute approximate surface area is 152 Å². The highest BCUT2D eigenvalue weighted by Gasteiger charge is 2.37. The molecule has 132 valence electrons. The van der Waals surface area contributed by atoms with E-state index < -0.39 is 6.10 Å². The predicted molar refractivity (Wildman–Crippen MR) is 93.5 cm³/mol. The van der Waals surface area contributed by atoms with Crippen molar-refractivity contribution >= 4 is 29.1 Å². The van der Waals surface area contributed by atoms with Gasteiger partial charge >= 0.3 is 0 Å². The van der Waals surface area contributed by atoms with Gasteiger partial charge in [0.1, 0.15) is 0 Å². The maximum Gasteiger partial charge on any atom is 0.236 e. The minimum absolute atomic E-state index is 0.0430. The van der Waals surface area contributed by atoms with Gasteiger partial charge in [-0.15, -0.1) is 0 Å². The van der Waals surface area contributed by atoms with Crippen LogP contribution in [0.3, 0.4) is 0 Å². The van der Waals surface area contributed by atoms with Crippen molar-refractivity contribution in [2.24, 2.45) is 0 Å². The zero-order valence-corrected chi connectivity index (χ0v) is 15.3. The van der Waals surface area contributed by atoms with Gasteiger partial charge in [0.05, 0.1) is 31.4 Å². The Morgan fingerprint density at radius 3 is 2.92 bits per heavy atom. The third-order valence-electron chi connectivity index (χ3n) is 4.74. The van der Waals surface area contributed by atoms with Crippen molar-refractivity contribution in [3.63, 3.8) is 0 Å². The predicted octanol–water partition coefficient (Wildman–Crippen LogP) is 2.13. The van der Waals surface area contributed by atoms with Crippen molar-refractivity contribution in [3.8, 4) is 0 Å². The molecule has 0 spiro atoms. The lowest BCUT2D eigenvalue weighted by atomic mass is 10.1. The summed E-state index contributed by atoms with van der Waals surface area (Å²) in [5.41, 5.74) is 1.82. The quantitative estimate of drug-likeness (QED) is 0.882. The zero-order valence-electron chi connectivity index (χ0n) is 13.8. The zero-order chi connectivity index (χ0) is 17.4. The topological polar surface area (TPSA) is 53.0 Å². The summed E-state index contributed by atoms with van der Waals surface area (Å²) in [5, 5.41) is 11.6. The average Bonchev–Trinajstić information content (AvgIpc) is 2.83. The van der Waals surface area contributed by atoms with Gasteiger partial charge in [-0.2, -0.15) is 0 Å². The number of aliphatic hydroxyl groups excluding tert-OH is 1. The number of hydrogen-bond donors (Lipinski definition) is 1. The Hall–Kier alpha value is -0.850. The first-order chi connectivity index (χ1) is 11.4. The molecular weight excluding hydrogens is 351 g/mol. The molecule has 1 aliphatic heterocycles. The Morgan fingerprint density at radius 2 is 2.21 bits per heavy atom. The van der Waals surface area contributed by atoms with Crippen molar-refractivity contribution in [2.45, 2.75) is 31.6 Å². The number of carbonyl (C=O) groups excluding carboxylic acids is 1. The van der Waals surface area contributed by atoms with Crippen LogP contribution in [0.5, 0.6) is 0 Å². The standard InChI is InChI=1S/C17H22Cl2N2O3/c1-10-8-21(3-4-24-10)16(23)9-20(2)17-13-5-11(18)6-14(19)12(13)7-15(17)22/h5-6,10,15,17,22H,3-4,7-9H2,1-2H3/t10-,15+,17-/m1/s1. The van der Waals surface area contributed by atoms with Gasteiger partial charge in [0.15, 0.2) is 0 Å². The van der Waals surface area contributed by atoms with Crippen molar-refractivity contribution in [1.29, 1.82) is 0 Å². The summed E-state index contributed by atoms with van der Waals surface area (Å²) in [4.78, 5) is 16.3. The fourth-order valence-corrected chi connectivity index (χ4v) is 4.20. The molecule has 3 atom stereocenters. The van der Waals surface area contributed by atoms with Gasteiger partial charge in [0.2, 0.25) is 5.91 Å². The highest BCUT2D eigenvalue weighted by molar-refractivity contribution is 6.35. The van der Waals surface area contributed by atoms with E-state index in [0.29, 0.717) is 36.2 Å². The number of morpholine rings is 1. The van der Waals surface area contributed by atoms with Crippen LogP contribution in [0, 0.1) is 0 Å². The van der Waals surface area contributed by atoms with Crippen molar-refractivity contribution in [1.82, 2.24) is 9.80 Å². The summed E-state index contributed by atoms with van der Waals surface area (Å²) in [7, 11) is 1.85. The first-order valence-electron chi connectivity index (χ1n) is 8.12. The van der Waals surface area contributed by atoms with Crippen molar-refractivity contribution in [2.75, 3.05) is 33.3 Å².